The molecule has 0 unspecified atom stereocenters. The molecule has 0 spiro atoms. The molecule has 12 nitrogen and oxygen atoms in total. The van der Waals surface area contributed by atoms with Crippen molar-refractivity contribution >= 4 is 41.8 Å². The van der Waals surface area contributed by atoms with Crippen LogP contribution in [0.5, 0.6) is 0 Å². The molecular formula is C18H32AsN4O8+3. The van der Waals surface area contributed by atoms with Crippen LogP contribution >= 0.6 is 0 Å². The van der Waals surface area contributed by atoms with Gasteiger partial charge in [-0.1, -0.05) is 0 Å². The van der Waals surface area contributed by atoms with Crippen molar-refractivity contribution < 1.29 is 39.6 Å². The first kappa shape index (κ1) is 29.3. The van der Waals surface area contributed by atoms with Gasteiger partial charge in [0, 0.05) is 52.4 Å². The van der Waals surface area contributed by atoms with Crippen molar-refractivity contribution in [2.24, 2.45) is 0 Å². The Labute approximate surface area is 192 Å². The van der Waals surface area contributed by atoms with E-state index in [0.717, 1.165) is 0 Å². The second-order valence-electron chi connectivity index (χ2n) is 7.39. The van der Waals surface area contributed by atoms with Gasteiger partial charge in [0.05, 0.1) is 26.2 Å². The van der Waals surface area contributed by atoms with Gasteiger partial charge in [-0.05, 0) is 12.8 Å². The summed E-state index contributed by atoms with van der Waals surface area (Å²) < 4.78 is 0. The predicted molar refractivity (Wildman–Crippen MR) is 111 cm³/mol. The van der Waals surface area contributed by atoms with E-state index in [1.807, 2.05) is 0 Å². The van der Waals surface area contributed by atoms with Gasteiger partial charge < -0.3 is 20.4 Å². The fourth-order valence-corrected chi connectivity index (χ4v) is 3.45. The Hall–Kier alpha value is -1.72. The van der Waals surface area contributed by atoms with Crippen molar-refractivity contribution in [3.8, 4) is 0 Å². The molecule has 0 aromatic carbocycles. The maximum Gasteiger partial charge on any atom is 3.00 e. The molecule has 1 aliphatic heterocycles. The van der Waals surface area contributed by atoms with E-state index in [4.69, 9.17) is 20.4 Å². The molecule has 0 aromatic rings. The molecule has 174 valence electrons. The summed E-state index contributed by atoms with van der Waals surface area (Å²) in [6, 6.07) is 0. The molecule has 0 aliphatic carbocycles. The zero-order valence-corrected chi connectivity index (χ0v) is 19.4. The molecule has 13 heteroatoms. The van der Waals surface area contributed by atoms with E-state index >= 15 is 0 Å². The minimum absolute atomic E-state index is 0. The van der Waals surface area contributed by atoms with E-state index in [0.29, 0.717) is 65.2 Å². The van der Waals surface area contributed by atoms with E-state index < -0.39 is 23.9 Å². The Balaban J connectivity index is 0.00000900. The Morgan fingerprint density at radius 2 is 0.645 bits per heavy atom. The number of nitrogens with zero attached hydrogens (tertiary/aromatic N) is 4. The van der Waals surface area contributed by atoms with Crippen molar-refractivity contribution in [2.45, 2.75) is 12.8 Å². The molecule has 1 heterocycles. The Morgan fingerprint density at radius 3 is 0.806 bits per heavy atom. The van der Waals surface area contributed by atoms with Crippen molar-refractivity contribution in [2.75, 3.05) is 78.5 Å². The largest absolute Gasteiger partial charge is 3.00 e. The van der Waals surface area contributed by atoms with Crippen molar-refractivity contribution in [1.29, 1.82) is 0 Å². The van der Waals surface area contributed by atoms with Gasteiger partial charge >= 0.3 is 41.8 Å². The first-order chi connectivity index (χ1) is 14.2. The van der Waals surface area contributed by atoms with Gasteiger partial charge in [-0.25, -0.2) is 0 Å². The summed E-state index contributed by atoms with van der Waals surface area (Å²) >= 11 is 0. The van der Waals surface area contributed by atoms with Crippen LogP contribution in [0.3, 0.4) is 0 Å². The van der Waals surface area contributed by atoms with Crippen LogP contribution in [0.4, 0.5) is 0 Å². The number of rotatable bonds is 8. The van der Waals surface area contributed by atoms with Gasteiger partial charge in [-0.15, -0.1) is 0 Å². The van der Waals surface area contributed by atoms with E-state index in [1.54, 1.807) is 19.6 Å². The van der Waals surface area contributed by atoms with Crippen LogP contribution in [-0.4, -0.2) is 160 Å². The molecule has 1 aliphatic rings. The average Bonchev–Trinajstić information content (AvgIpc) is 2.60. The zero-order valence-electron chi connectivity index (χ0n) is 17.6. The predicted octanol–water partition coefficient (Wildman–Crippen LogP) is -2.05. The Bertz CT molecular complexity index is 497. The maximum atomic E-state index is 11.1. The summed E-state index contributed by atoms with van der Waals surface area (Å²) in [7, 11) is 0. The van der Waals surface area contributed by atoms with E-state index in [1.165, 1.54) is 0 Å². The fourth-order valence-electron chi connectivity index (χ4n) is 3.45. The summed E-state index contributed by atoms with van der Waals surface area (Å²) in [5.74, 6) is -3.92. The molecule has 0 bridgehead atoms. The van der Waals surface area contributed by atoms with Gasteiger partial charge in [0.15, 0.2) is 0 Å². The zero-order chi connectivity index (χ0) is 22.5. The summed E-state index contributed by atoms with van der Waals surface area (Å²) in [5, 5.41) is 36.5. The molecular weight excluding hydrogens is 475 g/mol. The summed E-state index contributed by atoms with van der Waals surface area (Å²) in [4.78, 5) is 51.5. The third-order valence-corrected chi connectivity index (χ3v) is 4.80. The summed E-state index contributed by atoms with van der Waals surface area (Å²) in [5.41, 5.74) is 0. The van der Waals surface area contributed by atoms with Crippen LogP contribution in [0.25, 0.3) is 0 Å². The first-order valence-electron chi connectivity index (χ1n) is 9.92. The number of aliphatic carboxylic acids is 4. The van der Waals surface area contributed by atoms with E-state index in [9.17, 15) is 19.2 Å². The normalized spacial score (nSPS) is 19.1. The number of carbonyl (C=O) groups is 4. The minimum atomic E-state index is -0.979. The molecule has 1 saturated heterocycles. The number of hydrogen-bond donors (Lipinski definition) is 4. The summed E-state index contributed by atoms with van der Waals surface area (Å²) in [6.07, 6.45) is 1.08. The molecule has 0 amide bonds. The number of hydrogen-bond acceptors (Lipinski definition) is 8. The SMILES string of the molecule is O=C(O)CN1CCCN(CC(=O)O)CCN(CC(=O)O)CCCN(CC(=O)O)CC1.[As+3]. The van der Waals surface area contributed by atoms with Crippen LogP contribution in [-0.2, 0) is 19.2 Å². The monoisotopic (exact) mass is 507 g/mol. The van der Waals surface area contributed by atoms with Crippen LogP contribution in [0.1, 0.15) is 12.8 Å². The number of carboxylic acids is 4. The summed E-state index contributed by atoms with van der Waals surface area (Å²) in [6.45, 7) is 2.52. The quantitative estimate of drug-likeness (QED) is 0.267. The van der Waals surface area contributed by atoms with Crippen LogP contribution in [0.2, 0.25) is 0 Å². The van der Waals surface area contributed by atoms with Crippen LogP contribution in [0.15, 0.2) is 0 Å². The van der Waals surface area contributed by atoms with Gasteiger partial charge in [-0.3, -0.25) is 38.8 Å². The maximum absolute atomic E-state index is 11.1. The second kappa shape index (κ2) is 16.0. The molecule has 1 fully saturated rings. The van der Waals surface area contributed by atoms with Gasteiger partial charge in [0.2, 0.25) is 0 Å². The molecule has 0 atom stereocenters. The van der Waals surface area contributed by atoms with Crippen molar-refractivity contribution in [1.82, 2.24) is 19.6 Å². The van der Waals surface area contributed by atoms with Crippen molar-refractivity contribution in [3.63, 3.8) is 0 Å². The topological polar surface area (TPSA) is 162 Å². The molecule has 31 heavy (non-hydrogen) atoms. The smallest absolute Gasteiger partial charge is 0.480 e. The average molecular weight is 507 g/mol. The molecule has 2 radical (unpaired) electrons. The van der Waals surface area contributed by atoms with Crippen molar-refractivity contribution in [3.05, 3.63) is 0 Å². The fraction of sp³-hybridized carbons (Fsp3) is 0.778. The van der Waals surface area contributed by atoms with Crippen LogP contribution < -0.4 is 0 Å². The Kier molecular flexibility index (Phi) is 15.1. The van der Waals surface area contributed by atoms with Gasteiger partial charge in [0.25, 0.3) is 0 Å². The number of carboxylic acid groups (broad SMARTS) is 4. The van der Waals surface area contributed by atoms with Crippen LogP contribution in [0, 0.1) is 0 Å². The molecule has 4 N–H and O–H groups in total. The first-order valence-corrected chi connectivity index (χ1v) is 9.92. The minimum Gasteiger partial charge on any atom is -0.480 e. The van der Waals surface area contributed by atoms with Gasteiger partial charge in [0.1, 0.15) is 0 Å². The molecule has 0 aromatic heterocycles. The second-order valence-corrected chi connectivity index (χ2v) is 7.39. The third kappa shape index (κ3) is 14.8. The standard InChI is InChI=1S/C18H32N4O8.As/c23-15(24)11-19-3-1-4-20(12-16(25)26)8-10-22(14-18(29)30)6-2-5-21(9-7-19)13-17(27)28;/h1-14H2,(H,23,24)(H,25,26)(H,27,28)(H,29,30);/q;+3. The van der Waals surface area contributed by atoms with E-state index in [-0.39, 0.29) is 44.1 Å². The van der Waals surface area contributed by atoms with E-state index in [2.05, 4.69) is 0 Å². The van der Waals surface area contributed by atoms with Gasteiger partial charge in [-0.2, -0.15) is 0 Å². The third-order valence-electron chi connectivity index (χ3n) is 4.80. The molecule has 0 saturated carbocycles. The Morgan fingerprint density at radius 1 is 0.452 bits per heavy atom. The molecule has 1 rings (SSSR count).